The van der Waals surface area contributed by atoms with Crippen LogP contribution in [0.4, 0.5) is 0 Å². The fourth-order valence-electron chi connectivity index (χ4n) is 1.95. The summed E-state index contributed by atoms with van der Waals surface area (Å²) in [5.41, 5.74) is 0.212. The van der Waals surface area contributed by atoms with Gasteiger partial charge in [0.1, 0.15) is 0 Å². The Bertz CT molecular complexity index is 186. The van der Waals surface area contributed by atoms with Crippen molar-refractivity contribution in [2.75, 3.05) is 13.1 Å². The topological polar surface area (TPSA) is 41.1 Å². The van der Waals surface area contributed by atoms with Gasteiger partial charge in [-0.15, -0.1) is 0 Å². The Morgan fingerprint density at radius 1 is 1.36 bits per heavy atom. The van der Waals surface area contributed by atoms with E-state index < -0.39 is 0 Å². The molecule has 1 amide bonds. The molecule has 0 heterocycles. The third-order valence-corrected chi connectivity index (χ3v) is 2.95. The monoisotopic (exact) mass is 198 g/mol. The van der Waals surface area contributed by atoms with E-state index in [0.717, 1.165) is 13.0 Å². The van der Waals surface area contributed by atoms with Gasteiger partial charge in [0, 0.05) is 12.1 Å². The predicted molar refractivity (Wildman–Crippen MR) is 58.2 cm³/mol. The molecular formula is C11H22N2O. The van der Waals surface area contributed by atoms with Crippen molar-refractivity contribution in [2.24, 2.45) is 0 Å². The molecule has 3 nitrogen and oxygen atoms in total. The van der Waals surface area contributed by atoms with Gasteiger partial charge in [0.05, 0.1) is 6.54 Å². The Labute approximate surface area is 86.6 Å². The molecule has 0 aromatic heterocycles. The second-order valence-corrected chi connectivity index (χ2v) is 4.47. The van der Waals surface area contributed by atoms with Gasteiger partial charge < -0.3 is 10.6 Å². The van der Waals surface area contributed by atoms with E-state index in [2.05, 4.69) is 24.5 Å². The van der Waals surface area contributed by atoms with Crippen LogP contribution in [0.15, 0.2) is 0 Å². The molecule has 0 atom stereocenters. The van der Waals surface area contributed by atoms with Crippen LogP contribution in [0, 0.1) is 0 Å². The zero-order valence-corrected chi connectivity index (χ0v) is 9.36. The van der Waals surface area contributed by atoms with E-state index in [1.54, 1.807) is 0 Å². The van der Waals surface area contributed by atoms with Gasteiger partial charge in [0.2, 0.25) is 5.91 Å². The summed E-state index contributed by atoms with van der Waals surface area (Å²) in [7, 11) is 0. The Kier molecular flexibility index (Phi) is 4.39. The van der Waals surface area contributed by atoms with Gasteiger partial charge in [-0.3, -0.25) is 4.79 Å². The molecule has 14 heavy (non-hydrogen) atoms. The summed E-state index contributed by atoms with van der Waals surface area (Å²) < 4.78 is 0. The van der Waals surface area contributed by atoms with Gasteiger partial charge in [0.15, 0.2) is 0 Å². The highest BCUT2D eigenvalue weighted by molar-refractivity contribution is 5.78. The number of carbonyl (C=O) groups excluding carboxylic acids is 1. The number of amides is 1. The lowest BCUT2D eigenvalue weighted by Crippen LogP contribution is -2.45. The molecule has 1 aliphatic rings. The van der Waals surface area contributed by atoms with Crippen LogP contribution < -0.4 is 10.6 Å². The van der Waals surface area contributed by atoms with Crippen molar-refractivity contribution >= 4 is 5.91 Å². The Balaban J connectivity index is 2.15. The number of rotatable bonds is 5. The first-order valence-electron chi connectivity index (χ1n) is 5.68. The van der Waals surface area contributed by atoms with E-state index in [1.165, 1.54) is 25.7 Å². The van der Waals surface area contributed by atoms with Crippen molar-refractivity contribution in [3.05, 3.63) is 0 Å². The lowest BCUT2D eigenvalue weighted by molar-refractivity contribution is -0.120. The molecule has 2 N–H and O–H groups in total. The quantitative estimate of drug-likeness (QED) is 0.701. The zero-order valence-electron chi connectivity index (χ0n) is 9.36. The maximum Gasteiger partial charge on any atom is 0.233 e. The maximum absolute atomic E-state index is 11.3. The molecule has 0 aromatic rings. The summed E-state index contributed by atoms with van der Waals surface area (Å²) in [4.78, 5) is 11.3. The highest BCUT2D eigenvalue weighted by Gasteiger charge is 2.28. The minimum Gasteiger partial charge on any atom is -0.355 e. The van der Waals surface area contributed by atoms with Crippen LogP contribution >= 0.6 is 0 Å². The van der Waals surface area contributed by atoms with E-state index in [0.29, 0.717) is 6.54 Å². The van der Waals surface area contributed by atoms with Gasteiger partial charge in [-0.25, -0.2) is 0 Å². The van der Waals surface area contributed by atoms with E-state index in [4.69, 9.17) is 0 Å². The lowest BCUT2D eigenvalue weighted by Gasteiger charge is -2.24. The highest BCUT2D eigenvalue weighted by atomic mass is 16.1. The number of carbonyl (C=O) groups is 1. The smallest absolute Gasteiger partial charge is 0.233 e. The third-order valence-electron chi connectivity index (χ3n) is 2.95. The molecule has 0 spiro atoms. The van der Waals surface area contributed by atoms with Gasteiger partial charge in [-0.1, -0.05) is 19.8 Å². The van der Waals surface area contributed by atoms with Crippen LogP contribution in [0.2, 0.25) is 0 Å². The minimum atomic E-state index is 0.125. The first-order valence-corrected chi connectivity index (χ1v) is 5.68. The predicted octanol–water partition coefficient (Wildman–Crippen LogP) is 1.43. The van der Waals surface area contributed by atoms with Crippen molar-refractivity contribution in [2.45, 2.75) is 51.5 Å². The SMILES string of the molecule is CCCNC(=O)CNC1(C)CCCC1. The zero-order chi connectivity index (χ0) is 10.4. The first kappa shape index (κ1) is 11.5. The van der Waals surface area contributed by atoms with Gasteiger partial charge in [0.25, 0.3) is 0 Å². The molecule has 0 bridgehead atoms. The second kappa shape index (κ2) is 5.35. The number of nitrogens with one attached hydrogen (secondary N) is 2. The molecule has 3 heteroatoms. The Morgan fingerprint density at radius 2 is 2.00 bits per heavy atom. The standard InChI is InChI=1S/C11H22N2O/c1-3-8-12-10(14)9-13-11(2)6-4-5-7-11/h13H,3-9H2,1-2H3,(H,12,14). The molecule has 1 saturated carbocycles. The second-order valence-electron chi connectivity index (χ2n) is 4.47. The van der Waals surface area contributed by atoms with Crippen molar-refractivity contribution in [3.8, 4) is 0 Å². The summed E-state index contributed by atoms with van der Waals surface area (Å²) in [6.45, 7) is 5.53. The molecule has 1 fully saturated rings. The van der Waals surface area contributed by atoms with Gasteiger partial charge in [-0.05, 0) is 26.2 Å². The van der Waals surface area contributed by atoms with E-state index >= 15 is 0 Å². The van der Waals surface area contributed by atoms with Crippen LogP contribution in [-0.2, 0) is 4.79 Å². The summed E-state index contributed by atoms with van der Waals surface area (Å²) in [6, 6.07) is 0. The molecule has 0 unspecified atom stereocenters. The molecule has 82 valence electrons. The minimum absolute atomic E-state index is 0.125. The van der Waals surface area contributed by atoms with Crippen LogP contribution in [-0.4, -0.2) is 24.5 Å². The summed E-state index contributed by atoms with van der Waals surface area (Å²) in [5, 5.41) is 6.23. The first-order chi connectivity index (χ1) is 6.66. The van der Waals surface area contributed by atoms with Crippen LogP contribution in [0.3, 0.4) is 0 Å². The average Bonchev–Trinajstić information content (AvgIpc) is 2.60. The molecule has 0 saturated heterocycles. The van der Waals surface area contributed by atoms with Crippen molar-refractivity contribution in [3.63, 3.8) is 0 Å². The molecule has 0 radical (unpaired) electrons. The third kappa shape index (κ3) is 3.66. The normalized spacial score (nSPS) is 19.6. The summed E-state index contributed by atoms with van der Waals surface area (Å²) in [5.74, 6) is 0.125. The number of hydrogen-bond acceptors (Lipinski definition) is 2. The fraction of sp³-hybridized carbons (Fsp3) is 0.909. The number of hydrogen-bond donors (Lipinski definition) is 2. The molecule has 0 aliphatic heterocycles. The maximum atomic E-state index is 11.3. The molecule has 1 aliphatic carbocycles. The molecule has 1 rings (SSSR count). The van der Waals surface area contributed by atoms with Crippen molar-refractivity contribution in [1.29, 1.82) is 0 Å². The Hall–Kier alpha value is -0.570. The van der Waals surface area contributed by atoms with Crippen LogP contribution in [0.1, 0.15) is 46.0 Å². The van der Waals surface area contributed by atoms with Gasteiger partial charge in [-0.2, -0.15) is 0 Å². The van der Waals surface area contributed by atoms with E-state index in [9.17, 15) is 4.79 Å². The average molecular weight is 198 g/mol. The van der Waals surface area contributed by atoms with Crippen molar-refractivity contribution in [1.82, 2.24) is 10.6 Å². The summed E-state index contributed by atoms with van der Waals surface area (Å²) in [6.07, 6.45) is 5.99. The molecular weight excluding hydrogens is 176 g/mol. The van der Waals surface area contributed by atoms with E-state index in [-0.39, 0.29) is 11.4 Å². The fourth-order valence-corrected chi connectivity index (χ4v) is 1.95. The Morgan fingerprint density at radius 3 is 2.57 bits per heavy atom. The van der Waals surface area contributed by atoms with Crippen LogP contribution in [0.25, 0.3) is 0 Å². The molecule has 0 aromatic carbocycles. The van der Waals surface area contributed by atoms with Crippen molar-refractivity contribution < 1.29 is 4.79 Å². The largest absolute Gasteiger partial charge is 0.355 e. The van der Waals surface area contributed by atoms with E-state index in [1.807, 2.05) is 0 Å². The van der Waals surface area contributed by atoms with Gasteiger partial charge >= 0.3 is 0 Å². The highest BCUT2D eigenvalue weighted by Crippen LogP contribution is 2.28. The summed E-state index contributed by atoms with van der Waals surface area (Å²) >= 11 is 0. The lowest BCUT2D eigenvalue weighted by atomic mass is 10.0. The van der Waals surface area contributed by atoms with Crippen LogP contribution in [0.5, 0.6) is 0 Å².